The van der Waals surface area contributed by atoms with Crippen LogP contribution in [0.4, 0.5) is 0 Å². The van der Waals surface area contributed by atoms with Gasteiger partial charge < -0.3 is 10.6 Å². The van der Waals surface area contributed by atoms with Crippen molar-refractivity contribution in [2.75, 3.05) is 13.1 Å². The number of hydrogen-bond acceptors (Lipinski definition) is 3. The van der Waals surface area contributed by atoms with Crippen molar-refractivity contribution in [3.8, 4) is 0 Å². The number of carbonyl (C=O) groups is 3. The summed E-state index contributed by atoms with van der Waals surface area (Å²) >= 11 is 0. The summed E-state index contributed by atoms with van der Waals surface area (Å²) in [6.45, 7) is 1.64. The zero-order valence-corrected chi connectivity index (χ0v) is 27.1. The third-order valence-corrected chi connectivity index (χ3v) is 8.72. The van der Waals surface area contributed by atoms with Crippen LogP contribution in [0.5, 0.6) is 0 Å². The van der Waals surface area contributed by atoms with Crippen LogP contribution in [0, 0.1) is 0 Å². The highest BCUT2D eigenvalue weighted by molar-refractivity contribution is 5.78. The Kier molecular flexibility index (Phi) is 27.6. The van der Waals surface area contributed by atoms with Crippen molar-refractivity contribution in [3.63, 3.8) is 0 Å². The quantitative estimate of drug-likeness (QED) is 0.301. The monoisotopic (exact) mass is 577 g/mol. The van der Waals surface area contributed by atoms with Crippen molar-refractivity contribution in [1.82, 2.24) is 10.6 Å². The normalized spacial score (nSPS) is 22.9. The summed E-state index contributed by atoms with van der Waals surface area (Å²) in [5.74, 6) is 0.916. The van der Waals surface area contributed by atoms with Crippen LogP contribution in [0.1, 0.15) is 199 Å². The first-order valence-corrected chi connectivity index (χ1v) is 18.2. The predicted octanol–water partition coefficient (Wildman–Crippen LogP) is 9.89. The van der Waals surface area contributed by atoms with E-state index in [1.165, 1.54) is 128 Å². The average Bonchev–Trinajstić information content (AvgIpc) is 2.96. The van der Waals surface area contributed by atoms with Gasteiger partial charge >= 0.3 is 0 Å². The molecule has 2 N–H and O–H groups in total. The Morgan fingerprint density at radius 2 is 0.488 bits per heavy atom. The van der Waals surface area contributed by atoms with Crippen molar-refractivity contribution in [1.29, 1.82) is 0 Å². The first-order chi connectivity index (χ1) is 20.2. The van der Waals surface area contributed by atoms with E-state index in [2.05, 4.69) is 10.6 Å². The van der Waals surface area contributed by atoms with E-state index in [0.717, 1.165) is 70.9 Å². The number of Topliss-reactive ketones (excluding diaryl/α,β-unsaturated/α-hetero) is 1. The van der Waals surface area contributed by atoms with Crippen LogP contribution in [-0.4, -0.2) is 30.7 Å². The van der Waals surface area contributed by atoms with Crippen LogP contribution in [-0.2, 0) is 14.4 Å². The number of ketones is 1. The third-order valence-electron chi connectivity index (χ3n) is 8.72. The van der Waals surface area contributed by atoms with Crippen molar-refractivity contribution in [2.45, 2.75) is 199 Å². The zero-order chi connectivity index (χ0) is 29.5. The fraction of sp³-hybridized carbons (Fsp3) is 0.917. The highest BCUT2D eigenvalue weighted by Gasteiger charge is 2.04. The summed E-state index contributed by atoms with van der Waals surface area (Å²) in [5, 5.41) is 6.19. The molecule has 1 rings (SSSR count). The second-order valence-corrected chi connectivity index (χ2v) is 12.8. The van der Waals surface area contributed by atoms with Crippen LogP contribution >= 0.6 is 0 Å². The molecule has 0 bridgehead atoms. The van der Waals surface area contributed by atoms with Crippen LogP contribution < -0.4 is 10.6 Å². The van der Waals surface area contributed by atoms with E-state index in [1.807, 2.05) is 0 Å². The summed E-state index contributed by atoms with van der Waals surface area (Å²) in [7, 11) is 0. The van der Waals surface area contributed by atoms with Crippen molar-refractivity contribution in [2.24, 2.45) is 0 Å². The lowest BCUT2D eigenvalue weighted by molar-refractivity contribution is -0.122. The molecule has 0 aliphatic carbocycles. The fourth-order valence-electron chi connectivity index (χ4n) is 5.94. The van der Waals surface area contributed by atoms with Gasteiger partial charge in [0.15, 0.2) is 0 Å². The zero-order valence-electron chi connectivity index (χ0n) is 27.1. The Morgan fingerprint density at radius 3 is 0.780 bits per heavy atom. The molecular weight excluding hydrogens is 508 g/mol. The van der Waals surface area contributed by atoms with E-state index in [9.17, 15) is 14.4 Å². The number of hydrogen-bond donors (Lipinski definition) is 2. The summed E-state index contributed by atoms with van der Waals surface area (Å²) in [6.07, 6.45) is 35.5. The standard InChI is InChI=1S/C36H68N2O3/c39-34-28-22-16-10-4-2-1-3-5-12-18-24-30-35(40)38-33-27-21-15-9-7-13-19-25-31-36(41)37-32-26-20-14-8-6-11-17-23-29-34/h1-33H2,(H,37,41)(H,38,40). The third kappa shape index (κ3) is 28.5. The number of amides is 2. The first-order valence-electron chi connectivity index (χ1n) is 18.2. The molecule has 0 saturated carbocycles. The Labute approximate surface area is 254 Å². The SMILES string of the molecule is O=C1CCCCCCCCCCCCCC(=O)NCCCCCCCCCCC(=O)NCCCCCCCCCC1. The Balaban J connectivity index is 2.15. The van der Waals surface area contributed by atoms with Crippen LogP contribution in [0.15, 0.2) is 0 Å². The molecule has 0 aromatic carbocycles. The van der Waals surface area contributed by atoms with Crippen molar-refractivity contribution >= 4 is 17.6 Å². The maximum absolute atomic E-state index is 12.1. The van der Waals surface area contributed by atoms with Gasteiger partial charge in [-0.2, -0.15) is 0 Å². The second-order valence-electron chi connectivity index (χ2n) is 12.8. The lowest BCUT2D eigenvalue weighted by Gasteiger charge is -2.07. The van der Waals surface area contributed by atoms with E-state index < -0.39 is 0 Å². The van der Waals surface area contributed by atoms with Gasteiger partial charge in [-0.1, -0.05) is 135 Å². The van der Waals surface area contributed by atoms with Gasteiger partial charge in [-0.05, 0) is 38.5 Å². The Hall–Kier alpha value is -1.39. The molecule has 1 aliphatic rings. The molecule has 1 saturated heterocycles. The number of nitrogens with one attached hydrogen (secondary N) is 2. The van der Waals surface area contributed by atoms with Crippen molar-refractivity contribution < 1.29 is 14.4 Å². The molecule has 0 spiro atoms. The van der Waals surface area contributed by atoms with Gasteiger partial charge in [0.25, 0.3) is 0 Å². The van der Waals surface area contributed by atoms with Gasteiger partial charge in [-0.25, -0.2) is 0 Å². The van der Waals surface area contributed by atoms with E-state index in [0.29, 0.717) is 18.6 Å². The molecule has 1 aliphatic heterocycles. The molecule has 5 nitrogen and oxygen atoms in total. The lowest BCUT2D eigenvalue weighted by atomic mass is 10.0. The molecule has 5 heteroatoms. The minimum atomic E-state index is 0.218. The molecule has 0 unspecified atom stereocenters. The molecule has 1 fully saturated rings. The lowest BCUT2D eigenvalue weighted by Crippen LogP contribution is -2.24. The topological polar surface area (TPSA) is 75.3 Å². The van der Waals surface area contributed by atoms with Gasteiger partial charge in [0.05, 0.1) is 0 Å². The molecular formula is C36H68N2O3. The minimum Gasteiger partial charge on any atom is -0.356 e. The molecule has 2 amide bonds. The first kappa shape index (κ1) is 37.6. The van der Waals surface area contributed by atoms with E-state index in [4.69, 9.17) is 0 Å². The van der Waals surface area contributed by atoms with Crippen LogP contribution in [0.2, 0.25) is 0 Å². The molecule has 0 aromatic heterocycles. The molecule has 0 atom stereocenters. The smallest absolute Gasteiger partial charge is 0.219 e. The van der Waals surface area contributed by atoms with Crippen LogP contribution in [0.3, 0.4) is 0 Å². The average molecular weight is 577 g/mol. The Bertz CT molecular complexity index is 572. The van der Waals surface area contributed by atoms with Gasteiger partial charge in [0, 0.05) is 38.8 Å². The molecule has 0 radical (unpaired) electrons. The predicted molar refractivity (Wildman–Crippen MR) is 174 cm³/mol. The van der Waals surface area contributed by atoms with E-state index in [-0.39, 0.29) is 11.8 Å². The largest absolute Gasteiger partial charge is 0.356 e. The van der Waals surface area contributed by atoms with E-state index in [1.54, 1.807) is 0 Å². The van der Waals surface area contributed by atoms with Crippen LogP contribution in [0.25, 0.3) is 0 Å². The Morgan fingerprint density at radius 1 is 0.268 bits per heavy atom. The maximum Gasteiger partial charge on any atom is 0.219 e. The van der Waals surface area contributed by atoms with E-state index >= 15 is 0 Å². The molecule has 240 valence electrons. The van der Waals surface area contributed by atoms with Gasteiger partial charge in [-0.3, -0.25) is 14.4 Å². The highest BCUT2D eigenvalue weighted by Crippen LogP contribution is 2.15. The fourth-order valence-corrected chi connectivity index (χ4v) is 5.94. The second kappa shape index (κ2) is 30.1. The van der Waals surface area contributed by atoms with Gasteiger partial charge in [0.1, 0.15) is 5.78 Å². The molecule has 1 heterocycles. The highest BCUT2D eigenvalue weighted by atomic mass is 16.2. The van der Waals surface area contributed by atoms with Gasteiger partial charge in [-0.15, -0.1) is 0 Å². The van der Waals surface area contributed by atoms with Gasteiger partial charge in [0.2, 0.25) is 11.8 Å². The summed E-state index contributed by atoms with van der Waals surface area (Å²) < 4.78 is 0. The minimum absolute atomic E-state index is 0.218. The number of carbonyl (C=O) groups excluding carboxylic acids is 3. The summed E-state index contributed by atoms with van der Waals surface area (Å²) in [5.41, 5.74) is 0. The summed E-state index contributed by atoms with van der Waals surface area (Å²) in [4.78, 5) is 36.2. The molecule has 0 aromatic rings. The maximum atomic E-state index is 12.1. The number of rotatable bonds is 0. The molecule has 41 heavy (non-hydrogen) atoms. The van der Waals surface area contributed by atoms with Crippen molar-refractivity contribution in [3.05, 3.63) is 0 Å². The summed E-state index contributed by atoms with van der Waals surface area (Å²) in [6, 6.07) is 0.